The highest BCUT2D eigenvalue weighted by Gasteiger charge is 2.37. The molecule has 20 heavy (non-hydrogen) atoms. The van der Waals surface area contributed by atoms with Crippen LogP contribution in [0, 0.1) is 0 Å². The predicted octanol–water partition coefficient (Wildman–Crippen LogP) is 2.98. The van der Waals surface area contributed by atoms with Crippen LogP contribution in [0.5, 0.6) is 0 Å². The standard InChI is InChI=1S/C14H13BrN2O2S/c1-10-9-12-13(15)7-8-16-14(12)17(10)20(18,19)11-5-3-2-4-6-11/h2-8,10H,9H2,1H3. The fourth-order valence-electron chi connectivity index (χ4n) is 2.48. The summed E-state index contributed by atoms with van der Waals surface area (Å²) >= 11 is 3.46. The van der Waals surface area contributed by atoms with Crippen LogP contribution in [0.15, 0.2) is 52.0 Å². The highest BCUT2D eigenvalue weighted by Crippen LogP contribution is 2.38. The topological polar surface area (TPSA) is 50.3 Å². The van der Waals surface area contributed by atoms with E-state index in [1.54, 1.807) is 36.5 Å². The summed E-state index contributed by atoms with van der Waals surface area (Å²) in [6.07, 6.45) is 2.28. The second kappa shape index (κ2) is 4.86. The van der Waals surface area contributed by atoms with E-state index in [-0.39, 0.29) is 6.04 Å². The molecule has 6 heteroatoms. The first kappa shape index (κ1) is 13.6. The molecule has 0 aliphatic carbocycles. The molecule has 104 valence electrons. The van der Waals surface area contributed by atoms with Gasteiger partial charge in [0.2, 0.25) is 0 Å². The molecular weight excluding hydrogens is 340 g/mol. The molecule has 1 aromatic carbocycles. The second-order valence-electron chi connectivity index (χ2n) is 4.76. The number of sulfonamides is 1. The van der Waals surface area contributed by atoms with Gasteiger partial charge in [-0.1, -0.05) is 34.1 Å². The van der Waals surface area contributed by atoms with E-state index in [9.17, 15) is 8.42 Å². The van der Waals surface area contributed by atoms with Crippen LogP contribution in [-0.4, -0.2) is 19.4 Å². The SMILES string of the molecule is CC1Cc2c(Br)ccnc2N1S(=O)(=O)c1ccccc1. The first-order valence-electron chi connectivity index (χ1n) is 6.24. The zero-order valence-corrected chi connectivity index (χ0v) is 13.2. The molecule has 2 aromatic rings. The van der Waals surface area contributed by atoms with Gasteiger partial charge in [-0.05, 0) is 31.5 Å². The fraction of sp³-hybridized carbons (Fsp3) is 0.214. The molecule has 0 bridgehead atoms. The summed E-state index contributed by atoms with van der Waals surface area (Å²) in [5.41, 5.74) is 0.944. The largest absolute Gasteiger partial charge is 0.265 e. The summed E-state index contributed by atoms with van der Waals surface area (Å²) in [5.74, 6) is 0.524. The molecule has 0 amide bonds. The fourth-order valence-corrected chi connectivity index (χ4v) is 4.60. The maximum atomic E-state index is 12.8. The number of benzene rings is 1. The molecule has 1 atom stereocenters. The third-order valence-corrected chi connectivity index (χ3v) is 6.05. The van der Waals surface area contributed by atoms with Crippen molar-refractivity contribution in [3.8, 4) is 0 Å². The van der Waals surface area contributed by atoms with Crippen LogP contribution in [0.25, 0.3) is 0 Å². The maximum Gasteiger partial charge on any atom is 0.265 e. The second-order valence-corrected chi connectivity index (χ2v) is 7.43. The Bertz CT molecular complexity index is 747. The van der Waals surface area contributed by atoms with Crippen molar-refractivity contribution in [3.63, 3.8) is 0 Å². The van der Waals surface area contributed by atoms with Gasteiger partial charge in [-0.25, -0.2) is 17.7 Å². The van der Waals surface area contributed by atoms with Gasteiger partial charge in [-0.3, -0.25) is 0 Å². The van der Waals surface area contributed by atoms with Gasteiger partial charge in [-0.15, -0.1) is 0 Å². The smallest absolute Gasteiger partial charge is 0.246 e. The van der Waals surface area contributed by atoms with E-state index >= 15 is 0 Å². The maximum absolute atomic E-state index is 12.8. The third kappa shape index (κ3) is 2.03. The average molecular weight is 353 g/mol. The van der Waals surface area contributed by atoms with E-state index in [1.165, 1.54) is 4.31 Å². The van der Waals surface area contributed by atoms with Crippen molar-refractivity contribution in [1.29, 1.82) is 0 Å². The van der Waals surface area contributed by atoms with Gasteiger partial charge in [-0.2, -0.15) is 0 Å². The quantitative estimate of drug-likeness (QED) is 0.834. The van der Waals surface area contributed by atoms with Crippen molar-refractivity contribution in [2.24, 2.45) is 0 Å². The predicted molar refractivity (Wildman–Crippen MR) is 81.2 cm³/mol. The number of fused-ring (bicyclic) bond motifs is 1. The van der Waals surface area contributed by atoms with Crippen LogP contribution < -0.4 is 4.31 Å². The average Bonchev–Trinajstić information content (AvgIpc) is 2.78. The van der Waals surface area contributed by atoms with Gasteiger partial charge >= 0.3 is 0 Å². The Morgan fingerprint density at radius 3 is 2.65 bits per heavy atom. The first-order chi connectivity index (χ1) is 9.51. The minimum Gasteiger partial charge on any atom is -0.246 e. The zero-order chi connectivity index (χ0) is 14.3. The molecule has 0 N–H and O–H groups in total. The third-order valence-electron chi connectivity index (χ3n) is 3.38. The summed E-state index contributed by atoms with van der Waals surface area (Å²) in [6.45, 7) is 1.90. The molecule has 3 rings (SSSR count). The highest BCUT2D eigenvalue weighted by atomic mass is 79.9. The van der Waals surface area contributed by atoms with E-state index < -0.39 is 10.0 Å². The zero-order valence-electron chi connectivity index (χ0n) is 10.8. The van der Waals surface area contributed by atoms with Crippen LogP contribution in [0.3, 0.4) is 0 Å². The number of nitrogens with zero attached hydrogens (tertiary/aromatic N) is 2. The summed E-state index contributed by atoms with van der Waals surface area (Å²) in [4.78, 5) is 4.55. The van der Waals surface area contributed by atoms with Gasteiger partial charge in [0, 0.05) is 22.3 Å². The minimum atomic E-state index is -3.57. The Balaban J connectivity index is 2.15. The Hall–Kier alpha value is -1.40. The van der Waals surface area contributed by atoms with Crippen LogP contribution >= 0.6 is 15.9 Å². The molecule has 0 spiro atoms. The van der Waals surface area contributed by atoms with E-state index in [1.807, 2.05) is 13.0 Å². The van der Waals surface area contributed by atoms with Crippen molar-refractivity contribution >= 4 is 31.8 Å². The molecule has 1 aromatic heterocycles. The molecule has 1 unspecified atom stereocenters. The number of hydrogen-bond acceptors (Lipinski definition) is 3. The number of anilines is 1. The molecule has 0 saturated heterocycles. The lowest BCUT2D eigenvalue weighted by molar-refractivity contribution is 0.583. The Kier molecular flexibility index (Phi) is 3.30. The monoisotopic (exact) mass is 352 g/mol. The Morgan fingerprint density at radius 1 is 1.25 bits per heavy atom. The van der Waals surface area contributed by atoms with Crippen molar-refractivity contribution in [3.05, 3.63) is 52.6 Å². The van der Waals surface area contributed by atoms with Gasteiger partial charge in [0.1, 0.15) is 5.82 Å². The molecule has 0 fully saturated rings. The van der Waals surface area contributed by atoms with E-state index in [4.69, 9.17) is 0 Å². The number of aromatic nitrogens is 1. The number of hydrogen-bond donors (Lipinski definition) is 0. The van der Waals surface area contributed by atoms with E-state index in [0.717, 1.165) is 10.0 Å². The summed E-state index contributed by atoms with van der Waals surface area (Å²) < 4.78 is 27.9. The molecule has 4 nitrogen and oxygen atoms in total. The molecule has 0 radical (unpaired) electrons. The Labute approximate surface area is 126 Å². The summed E-state index contributed by atoms with van der Waals surface area (Å²) in [6, 6.07) is 10.2. The first-order valence-corrected chi connectivity index (χ1v) is 8.48. The van der Waals surface area contributed by atoms with E-state index in [0.29, 0.717) is 17.1 Å². The normalized spacial score (nSPS) is 18.1. The van der Waals surface area contributed by atoms with Crippen LogP contribution in [0.4, 0.5) is 5.82 Å². The lowest BCUT2D eigenvalue weighted by Gasteiger charge is -2.23. The van der Waals surface area contributed by atoms with Gasteiger partial charge in [0.05, 0.1) is 4.90 Å². The summed E-state index contributed by atoms with van der Waals surface area (Å²) in [7, 11) is -3.57. The lowest BCUT2D eigenvalue weighted by atomic mass is 10.2. The molecule has 1 aliphatic rings. The van der Waals surface area contributed by atoms with Crippen LogP contribution in [-0.2, 0) is 16.4 Å². The number of halogens is 1. The van der Waals surface area contributed by atoms with Crippen molar-refractivity contribution in [2.75, 3.05) is 4.31 Å². The van der Waals surface area contributed by atoms with Crippen molar-refractivity contribution in [2.45, 2.75) is 24.3 Å². The number of pyridine rings is 1. The van der Waals surface area contributed by atoms with Crippen molar-refractivity contribution < 1.29 is 8.42 Å². The lowest BCUT2D eigenvalue weighted by Crippen LogP contribution is -2.36. The highest BCUT2D eigenvalue weighted by molar-refractivity contribution is 9.10. The minimum absolute atomic E-state index is 0.138. The molecule has 1 aliphatic heterocycles. The number of rotatable bonds is 2. The molecule has 0 saturated carbocycles. The van der Waals surface area contributed by atoms with Gasteiger partial charge in [0.15, 0.2) is 0 Å². The van der Waals surface area contributed by atoms with Gasteiger partial charge < -0.3 is 0 Å². The van der Waals surface area contributed by atoms with E-state index in [2.05, 4.69) is 20.9 Å². The van der Waals surface area contributed by atoms with Crippen LogP contribution in [0.1, 0.15) is 12.5 Å². The van der Waals surface area contributed by atoms with Crippen molar-refractivity contribution in [1.82, 2.24) is 4.98 Å². The summed E-state index contributed by atoms with van der Waals surface area (Å²) in [5, 5.41) is 0. The Morgan fingerprint density at radius 2 is 1.95 bits per heavy atom. The molecular formula is C14H13BrN2O2S. The van der Waals surface area contributed by atoms with Gasteiger partial charge in [0.25, 0.3) is 10.0 Å². The molecule has 2 heterocycles. The van der Waals surface area contributed by atoms with Crippen LogP contribution in [0.2, 0.25) is 0 Å².